The van der Waals surface area contributed by atoms with Gasteiger partial charge in [0.05, 0.1) is 24.5 Å². The lowest BCUT2D eigenvalue weighted by Crippen LogP contribution is -2.26. The van der Waals surface area contributed by atoms with Gasteiger partial charge in [0, 0.05) is 17.7 Å². The number of methoxy groups -OCH3 is 1. The number of ketones is 1. The highest BCUT2D eigenvalue weighted by molar-refractivity contribution is 6.01. The average Bonchev–Trinajstić information content (AvgIpc) is 3.14. The van der Waals surface area contributed by atoms with Crippen LogP contribution in [0.1, 0.15) is 47.1 Å². The molecule has 0 amide bonds. The first-order valence-corrected chi connectivity index (χ1v) is 13.4. The topological polar surface area (TPSA) is 59.6 Å². The van der Waals surface area contributed by atoms with E-state index in [1.54, 1.807) is 7.11 Å². The fourth-order valence-electron chi connectivity index (χ4n) is 5.53. The quantitative estimate of drug-likeness (QED) is 0.277. The van der Waals surface area contributed by atoms with Gasteiger partial charge in [0.25, 0.3) is 0 Å². The second-order valence-corrected chi connectivity index (χ2v) is 10.3. The average molecular weight is 517 g/mol. The van der Waals surface area contributed by atoms with Gasteiger partial charge < -0.3 is 20.1 Å². The summed E-state index contributed by atoms with van der Waals surface area (Å²) in [6, 6.07) is 32.3. The number of para-hydroxylation sites is 2. The molecule has 0 aromatic heterocycles. The van der Waals surface area contributed by atoms with Crippen LogP contribution in [0.5, 0.6) is 11.5 Å². The van der Waals surface area contributed by atoms with Crippen LogP contribution in [-0.4, -0.2) is 12.9 Å². The van der Waals surface area contributed by atoms with E-state index in [0.717, 1.165) is 40.2 Å². The number of allylic oxidation sites excluding steroid dienone is 1. The number of ether oxygens (including phenoxy) is 2. The molecule has 2 aliphatic rings. The summed E-state index contributed by atoms with van der Waals surface area (Å²) in [5.74, 6) is 1.60. The number of anilines is 2. The number of hydrogen-bond donors (Lipinski definition) is 2. The summed E-state index contributed by atoms with van der Waals surface area (Å²) in [6.45, 7) is 2.53. The summed E-state index contributed by atoms with van der Waals surface area (Å²) in [6.07, 6.45) is 1.25. The van der Waals surface area contributed by atoms with Crippen LogP contribution in [0, 0.1) is 6.92 Å². The maximum Gasteiger partial charge on any atom is 0.163 e. The first-order chi connectivity index (χ1) is 19.1. The van der Waals surface area contributed by atoms with E-state index >= 15 is 0 Å². The maximum atomic E-state index is 13.9. The van der Waals surface area contributed by atoms with Gasteiger partial charge in [-0.05, 0) is 60.2 Å². The smallest absolute Gasteiger partial charge is 0.163 e. The molecule has 2 unspecified atom stereocenters. The Hall–Kier alpha value is -4.51. The monoisotopic (exact) mass is 516 g/mol. The molecule has 0 radical (unpaired) electrons. The van der Waals surface area contributed by atoms with Crippen LogP contribution in [0.25, 0.3) is 0 Å². The van der Waals surface area contributed by atoms with Crippen molar-refractivity contribution in [1.29, 1.82) is 0 Å². The lowest BCUT2D eigenvalue weighted by atomic mass is 9.78. The van der Waals surface area contributed by atoms with Gasteiger partial charge in [-0.1, -0.05) is 78.4 Å². The third-order valence-electron chi connectivity index (χ3n) is 7.62. The van der Waals surface area contributed by atoms with E-state index in [1.807, 2.05) is 66.7 Å². The van der Waals surface area contributed by atoms with E-state index in [1.165, 1.54) is 11.1 Å². The highest BCUT2D eigenvalue weighted by atomic mass is 16.5. The highest BCUT2D eigenvalue weighted by Crippen LogP contribution is 2.45. The summed E-state index contributed by atoms with van der Waals surface area (Å²) >= 11 is 0. The van der Waals surface area contributed by atoms with Crippen molar-refractivity contribution < 1.29 is 14.3 Å². The summed E-state index contributed by atoms with van der Waals surface area (Å²) in [5, 5.41) is 7.28. The van der Waals surface area contributed by atoms with Crippen LogP contribution >= 0.6 is 0 Å². The molecule has 0 fully saturated rings. The minimum atomic E-state index is -0.320. The van der Waals surface area contributed by atoms with E-state index in [-0.39, 0.29) is 17.7 Å². The van der Waals surface area contributed by atoms with Crippen LogP contribution in [0.2, 0.25) is 0 Å². The number of Topliss-reactive ketones (excluding diaryl/α,β-unsaturated/α-hetero) is 1. The molecule has 0 spiro atoms. The van der Waals surface area contributed by atoms with Gasteiger partial charge in [0.1, 0.15) is 6.61 Å². The number of aryl methyl sites for hydroxylation is 1. The zero-order chi connectivity index (χ0) is 26.8. The van der Waals surface area contributed by atoms with Crippen molar-refractivity contribution in [3.8, 4) is 11.5 Å². The van der Waals surface area contributed by atoms with E-state index in [9.17, 15) is 4.79 Å². The van der Waals surface area contributed by atoms with Crippen LogP contribution in [0.15, 0.2) is 108 Å². The van der Waals surface area contributed by atoms with E-state index in [0.29, 0.717) is 24.5 Å². The minimum absolute atomic E-state index is 0.138. The predicted octanol–water partition coefficient (Wildman–Crippen LogP) is 7.56. The highest BCUT2D eigenvalue weighted by Gasteiger charge is 2.36. The first kappa shape index (κ1) is 24.8. The number of rotatable bonds is 6. The number of benzene rings is 4. The molecule has 1 aliphatic carbocycles. The van der Waals surface area contributed by atoms with Crippen LogP contribution in [0.3, 0.4) is 0 Å². The fraction of sp³-hybridized carbons (Fsp3) is 0.206. The third-order valence-corrected chi connectivity index (χ3v) is 7.62. The number of fused-ring (bicyclic) bond motifs is 1. The normalized spacial score (nSPS) is 18.3. The summed E-state index contributed by atoms with van der Waals surface area (Å²) in [7, 11) is 1.65. The summed E-state index contributed by atoms with van der Waals surface area (Å²) < 4.78 is 11.8. The molecule has 0 saturated carbocycles. The fourth-order valence-corrected chi connectivity index (χ4v) is 5.53. The molecule has 196 valence electrons. The molecule has 5 nitrogen and oxygen atoms in total. The van der Waals surface area contributed by atoms with Crippen molar-refractivity contribution in [3.63, 3.8) is 0 Å². The van der Waals surface area contributed by atoms with Gasteiger partial charge in [-0.2, -0.15) is 0 Å². The Morgan fingerprint density at radius 2 is 1.51 bits per heavy atom. The van der Waals surface area contributed by atoms with Crippen LogP contribution < -0.4 is 20.1 Å². The van der Waals surface area contributed by atoms with Gasteiger partial charge in [0.2, 0.25) is 0 Å². The molecule has 2 N–H and O–H groups in total. The van der Waals surface area contributed by atoms with Gasteiger partial charge >= 0.3 is 0 Å². The lowest BCUT2D eigenvalue weighted by molar-refractivity contribution is -0.116. The molecule has 4 aromatic rings. The number of carbonyl (C=O) groups excluding carboxylic acids is 1. The predicted molar refractivity (Wildman–Crippen MR) is 155 cm³/mol. The molecule has 5 heteroatoms. The molecule has 39 heavy (non-hydrogen) atoms. The second kappa shape index (κ2) is 10.7. The Morgan fingerprint density at radius 3 is 2.28 bits per heavy atom. The van der Waals surface area contributed by atoms with E-state index in [2.05, 4.69) is 47.9 Å². The van der Waals surface area contributed by atoms with Gasteiger partial charge in [0.15, 0.2) is 17.3 Å². The molecule has 2 atom stereocenters. The number of hydrogen-bond acceptors (Lipinski definition) is 5. The van der Waals surface area contributed by atoms with Gasteiger partial charge in [-0.15, -0.1) is 0 Å². The lowest BCUT2D eigenvalue weighted by Gasteiger charge is -2.30. The molecule has 1 aliphatic heterocycles. The van der Waals surface area contributed by atoms with Gasteiger partial charge in [-0.3, -0.25) is 4.79 Å². The molecule has 6 rings (SSSR count). The van der Waals surface area contributed by atoms with Crippen molar-refractivity contribution in [2.45, 2.75) is 38.3 Å². The number of nitrogens with one attached hydrogen (secondary N) is 2. The van der Waals surface area contributed by atoms with E-state index in [4.69, 9.17) is 9.47 Å². The summed E-state index contributed by atoms with van der Waals surface area (Å²) in [5.41, 5.74) is 8.15. The van der Waals surface area contributed by atoms with Crippen LogP contribution in [-0.2, 0) is 11.4 Å². The van der Waals surface area contributed by atoms with Crippen molar-refractivity contribution in [3.05, 3.63) is 131 Å². The Bertz CT molecular complexity index is 1530. The zero-order valence-corrected chi connectivity index (χ0v) is 22.2. The largest absolute Gasteiger partial charge is 0.493 e. The first-order valence-electron chi connectivity index (χ1n) is 13.4. The molecule has 0 bridgehead atoms. The Kier molecular flexibility index (Phi) is 6.80. The molecule has 0 saturated heterocycles. The Morgan fingerprint density at radius 1 is 0.795 bits per heavy atom. The maximum absolute atomic E-state index is 13.9. The third kappa shape index (κ3) is 5.13. The number of carbonyl (C=O) groups is 1. The zero-order valence-electron chi connectivity index (χ0n) is 22.2. The van der Waals surface area contributed by atoms with E-state index < -0.39 is 0 Å². The molecular formula is C34H32N2O3. The van der Waals surface area contributed by atoms with Crippen LogP contribution in [0.4, 0.5) is 11.4 Å². The Labute approximate surface area is 229 Å². The molecule has 1 heterocycles. The summed E-state index contributed by atoms with van der Waals surface area (Å²) in [4.78, 5) is 13.9. The molecular weight excluding hydrogens is 484 g/mol. The van der Waals surface area contributed by atoms with Gasteiger partial charge in [-0.25, -0.2) is 0 Å². The minimum Gasteiger partial charge on any atom is -0.493 e. The van der Waals surface area contributed by atoms with Crippen molar-refractivity contribution >= 4 is 17.2 Å². The standard InChI is InChI=1S/C34H32N2O3/c1-22-12-14-24(15-13-22)26-18-29-33(30(37)19-26)34(36-28-11-7-6-10-27(28)35-29)25-16-17-31(32(20-25)38-2)39-21-23-8-4-3-5-9-23/h3-17,20,26,34-36H,18-19,21H2,1-2H3. The SMILES string of the molecule is COc1cc(C2Nc3ccccc3NC3=C2C(=O)CC(c2ccc(C)cc2)C3)ccc1OCc1ccccc1. The van der Waals surface area contributed by atoms with Crippen molar-refractivity contribution in [2.75, 3.05) is 17.7 Å². The Balaban J connectivity index is 1.36. The second-order valence-electron chi connectivity index (χ2n) is 10.3. The van der Waals surface area contributed by atoms with Crippen molar-refractivity contribution in [2.24, 2.45) is 0 Å². The van der Waals surface area contributed by atoms with Crippen molar-refractivity contribution in [1.82, 2.24) is 0 Å². The molecule has 4 aromatic carbocycles.